The molecule has 0 heterocycles. The zero-order valence-electron chi connectivity index (χ0n) is 11.6. The molecule has 2 atom stereocenters. The number of hydrogen-bond donors (Lipinski definition) is 4. The summed E-state index contributed by atoms with van der Waals surface area (Å²) in [6.45, 7) is 0. The third-order valence-corrected chi connectivity index (χ3v) is 9.90. The zero-order chi connectivity index (χ0) is 15.1. The third kappa shape index (κ3) is 13.3. The molecule has 0 saturated carbocycles. The molecule has 0 aromatic heterocycles. The molecule has 0 radical (unpaired) electrons. The first kappa shape index (κ1) is 22.8. The zero-order valence-corrected chi connectivity index (χ0v) is 18.5. The van der Waals surface area contributed by atoms with Crippen LogP contribution in [0.15, 0.2) is 0 Å². The second-order valence-electron chi connectivity index (χ2n) is 3.86. The van der Waals surface area contributed by atoms with Crippen LogP contribution in [-0.2, 0) is 0 Å². The standard InChI is InChI=1S/C12H26S8/c13-1-5-17-9-11(19-7-3-15)12(20-8-4-16)10-18-6-2-14/h11-16H,1-10H2. The Bertz CT molecular complexity index is 172. The van der Waals surface area contributed by atoms with Gasteiger partial charge in [-0.1, -0.05) is 0 Å². The van der Waals surface area contributed by atoms with Gasteiger partial charge in [0, 0.05) is 45.0 Å². The van der Waals surface area contributed by atoms with E-state index in [1.54, 1.807) is 0 Å². The van der Waals surface area contributed by atoms with Crippen molar-refractivity contribution in [3.8, 4) is 0 Å². The molecule has 0 rings (SSSR count). The maximum absolute atomic E-state index is 4.36. The van der Waals surface area contributed by atoms with Gasteiger partial charge in [0.25, 0.3) is 0 Å². The molecule has 0 nitrogen and oxygen atoms in total. The van der Waals surface area contributed by atoms with E-state index in [0.717, 1.165) is 46.0 Å². The van der Waals surface area contributed by atoms with E-state index in [1.807, 2.05) is 23.5 Å². The number of thiol groups is 4. The van der Waals surface area contributed by atoms with Gasteiger partial charge in [-0.2, -0.15) is 97.6 Å². The van der Waals surface area contributed by atoms with Crippen molar-refractivity contribution in [3.05, 3.63) is 0 Å². The van der Waals surface area contributed by atoms with Crippen molar-refractivity contribution in [1.29, 1.82) is 0 Å². The van der Waals surface area contributed by atoms with Crippen molar-refractivity contribution >= 4 is 97.6 Å². The monoisotopic (exact) mass is 426 g/mol. The van der Waals surface area contributed by atoms with Crippen LogP contribution in [0.1, 0.15) is 0 Å². The molecule has 20 heavy (non-hydrogen) atoms. The molecule has 0 aromatic carbocycles. The van der Waals surface area contributed by atoms with E-state index in [-0.39, 0.29) is 0 Å². The fourth-order valence-electron chi connectivity index (χ4n) is 1.46. The summed E-state index contributed by atoms with van der Waals surface area (Å²) in [5.74, 6) is 10.9. The highest BCUT2D eigenvalue weighted by molar-refractivity contribution is 8.07. The average molecular weight is 427 g/mol. The summed E-state index contributed by atoms with van der Waals surface area (Å²) in [7, 11) is 0. The number of rotatable bonds is 15. The van der Waals surface area contributed by atoms with E-state index in [1.165, 1.54) is 11.5 Å². The minimum absolute atomic E-state index is 0.712. The molecule has 2 unspecified atom stereocenters. The number of thioether (sulfide) groups is 4. The highest BCUT2D eigenvalue weighted by Crippen LogP contribution is 2.30. The van der Waals surface area contributed by atoms with Crippen molar-refractivity contribution in [2.24, 2.45) is 0 Å². The van der Waals surface area contributed by atoms with E-state index in [4.69, 9.17) is 0 Å². The Hall–Kier alpha value is 2.80. The van der Waals surface area contributed by atoms with Gasteiger partial charge in [-0.15, -0.1) is 0 Å². The van der Waals surface area contributed by atoms with E-state index in [2.05, 4.69) is 74.0 Å². The van der Waals surface area contributed by atoms with Crippen LogP contribution in [-0.4, -0.2) is 68.0 Å². The van der Waals surface area contributed by atoms with E-state index < -0.39 is 0 Å². The van der Waals surface area contributed by atoms with Gasteiger partial charge in [-0.05, 0) is 23.0 Å². The van der Waals surface area contributed by atoms with Gasteiger partial charge in [0.1, 0.15) is 0 Å². The highest BCUT2D eigenvalue weighted by atomic mass is 32.2. The third-order valence-electron chi connectivity index (χ3n) is 2.30. The first-order valence-electron chi connectivity index (χ1n) is 6.62. The van der Waals surface area contributed by atoms with Crippen molar-refractivity contribution in [3.63, 3.8) is 0 Å². The van der Waals surface area contributed by atoms with Crippen molar-refractivity contribution in [2.45, 2.75) is 10.5 Å². The van der Waals surface area contributed by atoms with Gasteiger partial charge < -0.3 is 0 Å². The van der Waals surface area contributed by atoms with Gasteiger partial charge in [-0.25, -0.2) is 0 Å². The van der Waals surface area contributed by atoms with Crippen molar-refractivity contribution < 1.29 is 0 Å². The van der Waals surface area contributed by atoms with Crippen molar-refractivity contribution in [1.82, 2.24) is 0 Å². The van der Waals surface area contributed by atoms with Crippen LogP contribution in [0.25, 0.3) is 0 Å². The lowest BCUT2D eigenvalue weighted by Gasteiger charge is -2.26. The predicted molar refractivity (Wildman–Crippen MR) is 123 cm³/mol. The summed E-state index contributed by atoms with van der Waals surface area (Å²) in [6, 6.07) is 0. The Labute approximate surface area is 164 Å². The first-order chi connectivity index (χ1) is 9.79. The molecule has 0 N–H and O–H groups in total. The fourth-order valence-corrected chi connectivity index (χ4v) is 7.89. The Kier molecular flexibility index (Phi) is 20.7. The van der Waals surface area contributed by atoms with E-state index in [9.17, 15) is 0 Å². The van der Waals surface area contributed by atoms with Crippen LogP contribution in [0, 0.1) is 0 Å². The van der Waals surface area contributed by atoms with E-state index >= 15 is 0 Å². The lowest BCUT2D eigenvalue weighted by molar-refractivity contribution is 0.948. The van der Waals surface area contributed by atoms with Gasteiger partial charge >= 0.3 is 0 Å². The molecule has 8 heteroatoms. The molecular weight excluding hydrogens is 401 g/mol. The molecule has 0 bridgehead atoms. The molecule has 0 spiro atoms. The molecule has 0 aliphatic carbocycles. The van der Waals surface area contributed by atoms with Crippen LogP contribution in [0.4, 0.5) is 0 Å². The molecule has 0 fully saturated rings. The smallest absolute Gasteiger partial charge is 0.0265 e. The van der Waals surface area contributed by atoms with Gasteiger partial charge in [0.15, 0.2) is 0 Å². The maximum atomic E-state index is 4.36. The van der Waals surface area contributed by atoms with Crippen LogP contribution in [0.3, 0.4) is 0 Å². The van der Waals surface area contributed by atoms with Gasteiger partial charge in [-0.3, -0.25) is 0 Å². The van der Waals surface area contributed by atoms with Crippen LogP contribution < -0.4 is 0 Å². The van der Waals surface area contributed by atoms with Gasteiger partial charge in [0.2, 0.25) is 0 Å². The largest absolute Gasteiger partial charge is 0.179 e. The fraction of sp³-hybridized carbons (Fsp3) is 1.00. The normalized spacial score (nSPS) is 14.4. The Morgan fingerprint density at radius 1 is 0.550 bits per heavy atom. The first-order valence-corrected chi connectivity index (χ1v) is 13.6. The quantitative estimate of drug-likeness (QED) is 0.226. The SMILES string of the molecule is SCCSCC(SCCS)C(CSCCS)SCCS. The molecule has 0 aliphatic rings. The minimum atomic E-state index is 0.712. The Morgan fingerprint density at radius 2 is 0.900 bits per heavy atom. The second kappa shape index (κ2) is 18.1. The van der Waals surface area contributed by atoms with Gasteiger partial charge in [0.05, 0.1) is 0 Å². The maximum Gasteiger partial charge on any atom is 0.0265 e. The lowest BCUT2D eigenvalue weighted by Crippen LogP contribution is -2.27. The number of hydrogen-bond acceptors (Lipinski definition) is 8. The van der Waals surface area contributed by atoms with E-state index in [0.29, 0.717) is 10.5 Å². The topological polar surface area (TPSA) is 0 Å². The summed E-state index contributed by atoms with van der Waals surface area (Å²) in [5.41, 5.74) is 0. The predicted octanol–water partition coefficient (Wildman–Crippen LogP) is 4.38. The lowest BCUT2D eigenvalue weighted by atomic mass is 10.3. The molecule has 0 aliphatic heterocycles. The highest BCUT2D eigenvalue weighted by Gasteiger charge is 2.22. The Morgan fingerprint density at radius 3 is 1.20 bits per heavy atom. The summed E-state index contributed by atoms with van der Waals surface area (Å²) in [5, 5.41) is 1.42. The second-order valence-corrected chi connectivity index (χ2v) is 10.6. The summed E-state index contributed by atoms with van der Waals surface area (Å²) < 4.78 is 0. The minimum Gasteiger partial charge on any atom is -0.179 e. The van der Waals surface area contributed by atoms with Crippen LogP contribution >= 0.6 is 97.6 Å². The Balaban J connectivity index is 4.32. The summed E-state index contributed by atoms with van der Waals surface area (Å²) >= 11 is 25.6. The molecule has 0 amide bonds. The summed E-state index contributed by atoms with van der Waals surface area (Å²) in [4.78, 5) is 0. The molecular formula is C12H26S8. The molecule has 122 valence electrons. The van der Waals surface area contributed by atoms with Crippen LogP contribution in [0.2, 0.25) is 0 Å². The summed E-state index contributed by atoms with van der Waals surface area (Å²) in [6.07, 6.45) is 0. The van der Waals surface area contributed by atoms with Crippen LogP contribution in [0.5, 0.6) is 0 Å². The van der Waals surface area contributed by atoms with Crippen molar-refractivity contribution in [2.75, 3.05) is 57.5 Å². The average Bonchev–Trinajstić information content (AvgIpc) is 2.47. The molecule has 0 aromatic rings. The molecule has 0 saturated heterocycles.